The van der Waals surface area contributed by atoms with Crippen molar-refractivity contribution < 1.29 is 9.53 Å². The van der Waals surface area contributed by atoms with Crippen molar-refractivity contribution in [2.75, 3.05) is 23.8 Å². The van der Waals surface area contributed by atoms with E-state index in [1.807, 2.05) is 12.1 Å². The van der Waals surface area contributed by atoms with Crippen molar-refractivity contribution in [1.82, 2.24) is 4.98 Å². The molecule has 1 aromatic heterocycles. The van der Waals surface area contributed by atoms with Crippen LogP contribution in [0.2, 0.25) is 5.02 Å². The standard InChI is InChI=1S/C24H27ClN4O2/c1-16(2)17-5-6-18(22(14-17)31-13-11-26)15-28-23-21(4-3-12-27-23)24(30)29-20-9-7-19(25)8-10-20/h3-10,12,14,16H,11,13,15,26H2,1-2H3,(H,27,28)(H,29,30). The lowest BCUT2D eigenvalue weighted by molar-refractivity contribution is 0.102. The zero-order valence-corrected chi connectivity index (χ0v) is 18.4. The second-order valence-corrected chi connectivity index (χ2v) is 7.81. The van der Waals surface area contributed by atoms with Gasteiger partial charge < -0.3 is 21.1 Å². The maximum atomic E-state index is 12.8. The van der Waals surface area contributed by atoms with Gasteiger partial charge in [0.05, 0.1) is 5.56 Å². The molecule has 6 nitrogen and oxygen atoms in total. The number of hydrogen-bond donors (Lipinski definition) is 3. The fourth-order valence-corrected chi connectivity index (χ4v) is 3.15. The monoisotopic (exact) mass is 438 g/mol. The van der Waals surface area contributed by atoms with Crippen molar-refractivity contribution >= 4 is 29.0 Å². The quantitative estimate of drug-likeness (QED) is 0.434. The number of nitrogens with two attached hydrogens (primary N) is 1. The van der Waals surface area contributed by atoms with Crippen LogP contribution in [0.5, 0.6) is 5.75 Å². The lowest BCUT2D eigenvalue weighted by Crippen LogP contribution is -2.16. The molecule has 2 aromatic carbocycles. The van der Waals surface area contributed by atoms with Crippen LogP contribution in [0.1, 0.15) is 41.3 Å². The number of nitrogens with one attached hydrogen (secondary N) is 2. The number of hydrogen-bond acceptors (Lipinski definition) is 5. The second kappa shape index (κ2) is 10.8. The van der Waals surface area contributed by atoms with E-state index in [0.717, 1.165) is 11.3 Å². The molecule has 1 amide bonds. The van der Waals surface area contributed by atoms with E-state index in [2.05, 4.69) is 35.5 Å². The molecule has 4 N–H and O–H groups in total. The van der Waals surface area contributed by atoms with Crippen LogP contribution in [-0.4, -0.2) is 24.0 Å². The molecule has 0 fully saturated rings. The maximum absolute atomic E-state index is 12.8. The van der Waals surface area contributed by atoms with Crippen molar-refractivity contribution in [3.63, 3.8) is 0 Å². The van der Waals surface area contributed by atoms with E-state index in [9.17, 15) is 4.79 Å². The summed E-state index contributed by atoms with van der Waals surface area (Å²) in [7, 11) is 0. The second-order valence-electron chi connectivity index (χ2n) is 7.37. The Balaban J connectivity index is 1.76. The molecule has 0 atom stereocenters. The van der Waals surface area contributed by atoms with Gasteiger partial charge >= 0.3 is 0 Å². The van der Waals surface area contributed by atoms with E-state index in [4.69, 9.17) is 22.1 Å². The maximum Gasteiger partial charge on any atom is 0.259 e. The van der Waals surface area contributed by atoms with Crippen LogP contribution >= 0.6 is 11.6 Å². The summed E-state index contributed by atoms with van der Waals surface area (Å²) in [5.74, 6) is 1.41. The molecule has 0 saturated carbocycles. The highest BCUT2D eigenvalue weighted by molar-refractivity contribution is 6.30. The predicted molar refractivity (Wildman–Crippen MR) is 126 cm³/mol. The van der Waals surface area contributed by atoms with Gasteiger partial charge in [-0.1, -0.05) is 37.6 Å². The Morgan fingerprint density at radius 1 is 1.16 bits per heavy atom. The average molecular weight is 439 g/mol. The molecule has 0 radical (unpaired) electrons. The number of amides is 1. The van der Waals surface area contributed by atoms with E-state index >= 15 is 0 Å². The highest BCUT2D eigenvalue weighted by Crippen LogP contribution is 2.26. The highest BCUT2D eigenvalue weighted by atomic mass is 35.5. The van der Waals surface area contributed by atoms with Gasteiger partial charge in [0.15, 0.2) is 0 Å². The van der Waals surface area contributed by atoms with Gasteiger partial charge in [0.2, 0.25) is 0 Å². The third-order valence-corrected chi connectivity index (χ3v) is 4.99. The summed E-state index contributed by atoms with van der Waals surface area (Å²) in [6.45, 7) is 5.61. The lowest BCUT2D eigenvalue weighted by Gasteiger charge is -2.16. The number of aromatic nitrogens is 1. The minimum absolute atomic E-state index is 0.257. The summed E-state index contributed by atoms with van der Waals surface area (Å²) < 4.78 is 5.86. The molecule has 0 spiro atoms. The number of halogens is 1. The average Bonchev–Trinajstić information content (AvgIpc) is 2.78. The first-order valence-electron chi connectivity index (χ1n) is 10.2. The molecule has 0 aliphatic carbocycles. The van der Waals surface area contributed by atoms with Gasteiger partial charge in [-0.15, -0.1) is 0 Å². The minimum Gasteiger partial charge on any atom is -0.492 e. The zero-order chi connectivity index (χ0) is 22.2. The molecule has 0 aliphatic rings. The van der Waals surface area contributed by atoms with E-state index in [1.54, 1.807) is 42.6 Å². The Bertz CT molecular complexity index is 1020. The van der Waals surface area contributed by atoms with Gasteiger partial charge in [0, 0.05) is 35.6 Å². The number of carbonyl (C=O) groups excluding carboxylic acids is 1. The molecule has 162 valence electrons. The Morgan fingerprint density at radius 3 is 2.65 bits per heavy atom. The first-order valence-corrected chi connectivity index (χ1v) is 10.6. The summed E-state index contributed by atoms with van der Waals surface area (Å²) in [6.07, 6.45) is 1.65. The number of ether oxygens (including phenoxy) is 1. The topological polar surface area (TPSA) is 89.3 Å². The molecule has 1 heterocycles. The fourth-order valence-electron chi connectivity index (χ4n) is 3.02. The Kier molecular flexibility index (Phi) is 7.87. The third-order valence-electron chi connectivity index (χ3n) is 4.73. The van der Waals surface area contributed by atoms with Gasteiger partial charge in [-0.2, -0.15) is 0 Å². The summed E-state index contributed by atoms with van der Waals surface area (Å²) in [5.41, 5.74) is 8.87. The number of pyridine rings is 1. The molecule has 31 heavy (non-hydrogen) atoms. The number of anilines is 2. The Labute approximate surface area is 187 Å². The Hall–Kier alpha value is -3.09. The summed E-state index contributed by atoms with van der Waals surface area (Å²) >= 11 is 5.91. The van der Waals surface area contributed by atoms with Gasteiger partial charge in [0.25, 0.3) is 5.91 Å². The molecule has 7 heteroatoms. The molecule has 0 aliphatic heterocycles. The van der Waals surface area contributed by atoms with Crippen LogP contribution in [0.4, 0.5) is 11.5 Å². The lowest BCUT2D eigenvalue weighted by atomic mass is 10.0. The van der Waals surface area contributed by atoms with Crippen LogP contribution in [0.25, 0.3) is 0 Å². The number of benzene rings is 2. The molecule has 0 unspecified atom stereocenters. The smallest absolute Gasteiger partial charge is 0.259 e. The van der Waals surface area contributed by atoms with Crippen LogP contribution in [0.15, 0.2) is 60.8 Å². The summed E-state index contributed by atoms with van der Waals surface area (Å²) in [6, 6.07) is 16.6. The number of nitrogens with zero attached hydrogens (tertiary/aromatic N) is 1. The van der Waals surface area contributed by atoms with Crippen molar-refractivity contribution in [2.45, 2.75) is 26.3 Å². The normalized spacial score (nSPS) is 10.7. The van der Waals surface area contributed by atoms with E-state index in [-0.39, 0.29) is 5.91 Å². The summed E-state index contributed by atoms with van der Waals surface area (Å²) in [4.78, 5) is 17.2. The molecule has 3 aromatic rings. The van der Waals surface area contributed by atoms with Crippen LogP contribution in [-0.2, 0) is 6.54 Å². The third kappa shape index (κ3) is 6.20. The first-order chi connectivity index (χ1) is 15.0. The largest absolute Gasteiger partial charge is 0.492 e. The van der Waals surface area contributed by atoms with Gasteiger partial charge in [0.1, 0.15) is 18.2 Å². The van der Waals surface area contributed by atoms with Crippen LogP contribution in [0.3, 0.4) is 0 Å². The van der Waals surface area contributed by atoms with Gasteiger partial charge in [-0.3, -0.25) is 4.79 Å². The zero-order valence-electron chi connectivity index (χ0n) is 17.7. The Morgan fingerprint density at radius 2 is 1.94 bits per heavy atom. The number of rotatable bonds is 9. The highest BCUT2D eigenvalue weighted by Gasteiger charge is 2.14. The molecular formula is C24H27ClN4O2. The van der Waals surface area contributed by atoms with Gasteiger partial charge in [-0.05, 0) is 53.9 Å². The SMILES string of the molecule is CC(C)c1ccc(CNc2ncccc2C(=O)Nc2ccc(Cl)cc2)c(OCCN)c1. The van der Waals surface area contributed by atoms with Crippen molar-refractivity contribution in [3.8, 4) is 5.75 Å². The molecular weight excluding hydrogens is 412 g/mol. The predicted octanol–water partition coefficient (Wildman–Crippen LogP) is 5.06. The van der Waals surface area contributed by atoms with Crippen LogP contribution < -0.4 is 21.1 Å². The van der Waals surface area contributed by atoms with Crippen LogP contribution in [0, 0.1) is 0 Å². The van der Waals surface area contributed by atoms with E-state index in [1.165, 1.54) is 5.56 Å². The summed E-state index contributed by atoms with van der Waals surface area (Å²) in [5, 5.41) is 6.74. The molecule has 0 saturated heterocycles. The van der Waals surface area contributed by atoms with Gasteiger partial charge in [-0.25, -0.2) is 4.98 Å². The fraction of sp³-hybridized carbons (Fsp3) is 0.250. The van der Waals surface area contributed by atoms with E-state index in [0.29, 0.717) is 47.7 Å². The molecule has 0 bridgehead atoms. The first kappa shape index (κ1) is 22.6. The van der Waals surface area contributed by atoms with Crippen molar-refractivity contribution in [1.29, 1.82) is 0 Å². The van der Waals surface area contributed by atoms with E-state index < -0.39 is 0 Å². The van der Waals surface area contributed by atoms with Crippen molar-refractivity contribution in [2.24, 2.45) is 5.73 Å². The molecule has 3 rings (SSSR count). The number of carbonyl (C=O) groups is 1. The van der Waals surface area contributed by atoms with Crippen molar-refractivity contribution in [3.05, 3.63) is 82.5 Å². The minimum atomic E-state index is -0.257.